The summed E-state index contributed by atoms with van der Waals surface area (Å²) in [5, 5.41) is 4.21. The second kappa shape index (κ2) is 10.7. The molecule has 1 aliphatic rings. The molecule has 3 heterocycles. The first kappa shape index (κ1) is 27.1. The van der Waals surface area contributed by atoms with Gasteiger partial charge in [-0.25, -0.2) is 8.78 Å². The number of amides is 1. The van der Waals surface area contributed by atoms with Gasteiger partial charge >= 0.3 is 0 Å². The number of nitrogens with zero attached hydrogens (tertiary/aromatic N) is 3. The second-order valence-corrected chi connectivity index (χ2v) is 11.6. The number of hydrogen-bond donors (Lipinski definition) is 1. The summed E-state index contributed by atoms with van der Waals surface area (Å²) in [4.78, 5) is 29.0. The van der Waals surface area contributed by atoms with E-state index in [-0.39, 0.29) is 22.4 Å². The summed E-state index contributed by atoms with van der Waals surface area (Å²) < 4.78 is 32.6. The van der Waals surface area contributed by atoms with E-state index in [2.05, 4.69) is 5.32 Å². The molecule has 3 aromatic carbocycles. The Labute approximate surface area is 243 Å². The normalized spacial score (nSPS) is 14.8. The molecule has 0 saturated heterocycles. The topological polar surface area (TPSA) is 59.3 Å². The molecule has 1 aliphatic heterocycles. The highest BCUT2D eigenvalue weighted by atomic mass is 35.5. The van der Waals surface area contributed by atoms with Crippen LogP contribution in [0.4, 0.5) is 14.5 Å². The third kappa shape index (κ3) is 5.01. The fraction of sp³-hybridized carbons (Fsp3) is 0.161. The molecule has 6 nitrogen and oxygen atoms in total. The molecule has 0 unspecified atom stereocenters. The predicted octanol–water partition coefficient (Wildman–Crippen LogP) is 4.72. The number of thiazole rings is 1. The molecule has 0 radical (unpaired) electrons. The van der Waals surface area contributed by atoms with Gasteiger partial charge in [-0.3, -0.25) is 14.2 Å². The van der Waals surface area contributed by atoms with E-state index in [4.69, 9.17) is 11.6 Å². The molecule has 0 bridgehead atoms. The van der Waals surface area contributed by atoms with Crippen LogP contribution in [0.3, 0.4) is 0 Å². The van der Waals surface area contributed by atoms with Crippen LogP contribution < -0.4 is 20.1 Å². The molecular weight excluding hydrogens is 566 g/mol. The van der Waals surface area contributed by atoms with Crippen molar-refractivity contribution >= 4 is 57.1 Å². The maximum atomic E-state index is 14.3. The van der Waals surface area contributed by atoms with E-state index in [0.29, 0.717) is 27.2 Å². The van der Waals surface area contributed by atoms with Crippen LogP contribution in [0.25, 0.3) is 28.2 Å². The first-order valence-corrected chi connectivity index (χ1v) is 14.2. The molecule has 1 N–H and O–H groups in total. The number of aromatic nitrogens is 2. The van der Waals surface area contributed by atoms with E-state index in [1.807, 2.05) is 84.4 Å². The van der Waals surface area contributed by atoms with Gasteiger partial charge < -0.3 is 14.8 Å². The highest BCUT2D eigenvalue weighted by Gasteiger charge is 2.29. The zero-order valence-corrected chi connectivity index (χ0v) is 23.8. The highest BCUT2D eigenvalue weighted by molar-refractivity contribution is 7.07. The number of anilines is 1. The molecule has 5 aromatic rings. The first-order chi connectivity index (χ1) is 19.7. The fourth-order valence-electron chi connectivity index (χ4n) is 5.11. The number of nitrogens with one attached hydrogen (secondary N) is 1. The molecule has 0 fully saturated rings. The highest BCUT2D eigenvalue weighted by Crippen LogP contribution is 2.32. The standard InChI is InChI=1S/C31H25ClF2N4O2S/c1-36(2)12-5-13-37-30(40)27(41-31(37)28-22-15-23(33)24(34)16-25(22)35-29(28)39)14-18-17-38(20-10-8-19(32)9-11-20)26-7-4-3-6-21(18)26/h3-4,6-11,14-17H,5,12-13H2,1-2H3,(H,35,39). The van der Waals surface area contributed by atoms with E-state index in [0.717, 1.165) is 40.8 Å². The van der Waals surface area contributed by atoms with Crippen LogP contribution in [0.1, 0.15) is 17.5 Å². The van der Waals surface area contributed by atoms with Crippen LogP contribution in [-0.4, -0.2) is 40.6 Å². The van der Waals surface area contributed by atoms with E-state index < -0.39 is 17.5 Å². The number of fused-ring (bicyclic) bond motifs is 2. The van der Waals surface area contributed by atoms with Gasteiger partial charge in [0.15, 0.2) is 11.6 Å². The van der Waals surface area contributed by atoms with E-state index >= 15 is 0 Å². The number of benzene rings is 3. The summed E-state index contributed by atoms with van der Waals surface area (Å²) in [6.45, 7) is 1.09. The van der Waals surface area contributed by atoms with Crippen LogP contribution in [0.2, 0.25) is 5.02 Å². The summed E-state index contributed by atoms with van der Waals surface area (Å²) in [6, 6.07) is 17.4. The minimum atomic E-state index is -1.06. The molecule has 41 heavy (non-hydrogen) atoms. The molecular formula is C31H25ClF2N4O2S. The second-order valence-electron chi connectivity index (χ2n) is 10.1. The summed E-state index contributed by atoms with van der Waals surface area (Å²) in [5.74, 6) is -2.61. The van der Waals surface area contributed by atoms with E-state index in [1.54, 1.807) is 4.57 Å². The molecule has 10 heteroatoms. The summed E-state index contributed by atoms with van der Waals surface area (Å²) in [6.07, 6.45) is 4.45. The van der Waals surface area contributed by atoms with Crippen molar-refractivity contribution < 1.29 is 13.6 Å². The Kier molecular flexibility index (Phi) is 7.11. The molecule has 1 amide bonds. The third-order valence-corrected chi connectivity index (χ3v) is 8.43. The first-order valence-electron chi connectivity index (χ1n) is 13.0. The van der Waals surface area contributed by atoms with Gasteiger partial charge in [-0.2, -0.15) is 0 Å². The largest absolute Gasteiger partial charge is 0.321 e. The van der Waals surface area contributed by atoms with Crippen LogP contribution in [-0.2, 0) is 11.3 Å². The average molecular weight is 591 g/mol. The number of para-hydroxylation sites is 1. The minimum absolute atomic E-state index is 0.161. The smallest absolute Gasteiger partial charge is 0.269 e. The van der Waals surface area contributed by atoms with Crippen molar-refractivity contribution in [2.24, 2.45) is 0 Å². The van der Waals surface area contributed by atoms with Crippen molar-refractivity contribution in [2.45, 2.75) is 13.0 Å². The van der Waals surface area contributed by atoms with Crippen LogP contribution in [0.5, 0.6) is 0 Å². The van der Waals surface area contributed by atoms with Crippen molar-refractivity contribution in [3.63, 3.8) is 0 Å². The number of hydrogen-bond acceptors (Lipinski definition) is 4. The maximum absolute atomic E-state index is 14.3. The molecule has 0 aliphatic carbocycles. The molecule has 0 saturated carbocycles. The van der Waals surface area contributed by atoms with Crippen molar-refractivity contribution in [1.29, 1.82) is 0 Å². The Morgan fingerprint density at radius 3 is 2.51 bits per heavy atom. The predicted molar refractivity (Wildman–Crippen MR) is 160 cm³/mol. The van der Waals surface area contributed by atoms with Crippen molar-refractivity contribution in [2.75, 3.05) is 26.0 Å². The van der Waals surface area contributed by atoms with Gasteiger partial charge in [0.05, 0.1) is 21.3 Å². The van der Waals surface area contributed by atoms with Crippen LogP contribution in [0, 0.1) is 11.6 Å². The lowest BCUT2D eigenvalue weighted by atomic mass is 10.1. The molecule has 6 rings (SSSR count). The van der Waals surface area contributed by atoms with Crippen LogP contribution >= 0.6 is 22.9 Å². The van der Waals surface area contributed by atoms with E-state index in [9.17, 15) is 18.4 Å². The van der Waals surface area contributed by atoms with Gasteiger partial charge in [0.1, 0.15) is 4.66 Å². The van der Waals surface area contributed by atoms with E-state index in [1.165, 1.54) is 11.3 Å². The Hall–Kier alpha value is -4.05. The van der Waals surface area contributed by atoms with Gasteiger partial charge in [0.25, 0.3) is 11.5 Å². The lowest BCUT2D eigenvalue weighted by Gasteiger charge is -2.09. The number of carbonyl (C=O) groups is 1. The Bertz CT molecular complexity index is 2010. The molecule has 0 atom stereocenters. The molecule has 208 valence electrons. The van der Waals surface area contributed by atoms with Gasteiger partial charge in [-0.05, 0) is 69.5 Å². The quantitative estimate of drug-likeness (QED) is 0.311. The summed E-state index contributed by atoms with van der Waals surface area (Å²) >= 11 is 7.28. The van der Waals surface area contributed by atoms with Gasteiger partial charge in [0, 0.05) is 46.0 Å². The number of carbonyl (C=O) groups excluding carboxylic acids is 1. The Morgan fingerprint density at radius 1 is 1.02 bits per heavy atom. The minimum Gasteiger partial charge on any atom is -0.321 e. The van der Waals surface area contributed by atoms with Gasteiger partial charge in [0.2, 0.25) is 0 Å². The molecule has 0 spiro atoms. The van der Waals surface area contributed by atoms with Crippen molar-refractivity contribution in [1.82, 2.24) is 14.0 Å². The Balaban J connectivity index is 1.59. The van der Waals surface area contributed by atoms with Gasteiger partial charge in [-0.15, -0.1) is 11.3 Å². The lowest BCUT2D eigenvalue weighted by molar-refractivity contribution is -0.110. The lowest BCUT2D eigenvalue weighted by Crippen LogP contribution is -2.34. The average Bonchev–Trinajstić information content (AvgIpc) is 3.56. The zero-order valence-electron chi connectivity index (χ0n) is 22.2. The third-order valence-electron chi connectivity index (χ3n) is 7.05. The SMILES string of the molecule is CN(C)CCCn1c(=C2C(=O)Nc3cc(F)c(F)cc32)sc(=Cc2cn(-c3ccc(Cl)cc3)c3ccccc23)c1=O. The fourth-order valence-corrected chi connectivity index (χ4v) is 6.41. The summed E-state index contributed by atoms with van der Waals surface area (Å²) in [7, 11) is 3.89. The van der Waals surface area contributed by atoms with Crippen LogP contribution in [0.15, 0.2) is 71.7 Å². The monoisotopic (exact) mass is 590 g/mol. The Morgan fingerprint density at radius 2 is 1.76 bits per heavy atom. The summed E-state index contributed by atoms with van der Waals surface area (Å²) in [5.41, 5.74) is 3.04. The molecule has 2 aromatic heterocycles. The number of halogens is 3. The number of rotatable bonds is 6. The zero-order chi connectivity index (χ0) is 28.8. The maximum Gasteiger partial charge on any atom is 0.269 e. The van der Waals surface area contributed by atoms with Gasteiger partial charge in [-0.1, -0.05) is 29.8 Å². The van der Waals surface area contributed by atoms with Crippen molar-refractivity contribution in [3.8, 4) is 5.69 Å². The van der Waals surface area contributed by atoms with Crippen molar-refractivity contribution in [3.05, 3.63) is 114 Å².